The van der Waals surface area contributed by atoms with Gasteiger partial charge in [-0.05, 0) is 25.0 Å². The molecule has 0 spiro atoms. The third-order valence-corrected chi connectivity index (χ3v) is 2.69. The van der Waals surface area contributed by atoms with Gasteiger partial charge >= 0.3 is 5.97 Å². The summed E-state index contributed by atoms with van der Waals surface area (Å²) in [6.07, 6.45) is 0.307. The van der Waals surface area contributed by atoms with E-state index in [2.05, 4.69) is 5.32 Å². The number of carbonyl (C=O) groups is 2. The Labute approximate surface area is 105 Å². The van der Waals surface area contributed by atoms with E-state index in [-0.39, 0.29) is 12.0 Å². The molecule has 1 atom stereocenters. The van der Waals surface area contributed by atoms with E-state index < -0.39 is 23.7 Å². The van der Waals surface area contributed by atoms with E-state index in [4.69, 9.17) is 5.11 Å². The van der Waals surface area contributed by atoms with Crippen LogP contribution in [0.2, 0.25) is 0 Å². The summed E-state index contributed by atoms with van der Waals surface area (Å²) in [6.45, 7) is 3.33. The van der Waals surface area contributed by atoms with Gasteiger partial charge < -0.3 is 10.4 Å². The first kappa shape index (κ1) is 14.2. The van der Waals surface area contributed by atoms with Gasteiger partial charge in [0.1, 0.15) is 5.82 Å². The van der Waals surface area contributed by atoms with E-state index >= 15 is 0 Å². The van der Waals surface area contributed by atoms with E-state index in [1.807, 2.05) is 0 Å². The second-order valence-electron chi connectivity index (χ2n) is 4.11. The van der Waals surface area contributed by atoms with Crippen molar-refractivity contribution in [2.45, 2.75) is 32.7 Å². The molecule has 1 unspecified atom stereocenters. The number of benzene rings is 1. The molecule has 4 nitrogen and oxygen atoms in total. The molecule has 0 saturated heterocycles. The number of carboxylic acid groups (broad SMARTS) is 1. The summed E-state index contributed by atoms with van der Waals surface area (Å²) in [5.41, 5.74) is 0.327. The summed E-state index contributed by atoms with van der Waals surface area (Å²) in [4.78, 5) is 22.4. The Hall–Kier alpha value is -1.91. The SMILES string of the molecule is CCC(CC(=O)O)NC(=O)c1cccc(C)c1F. The average Bonchev–Trinajstić information content (AvgIpc) is 2.31. The van der Waals surface area contributed by atoms with Crippen LogP contribution in [0, 0.1) is 12.7 Å². The zero-order valence-corrected chi connectivity index (χ0v) is 10.4. The number of carboxylic acids is 1. The van der Waals surface area contributed by atoms with Crippen molar-refractivity contribution < 1.29 is 19.1 Å². The Morgan fingerprint density at radius 1 is 1.44 bits per heavy atom. The molecule has 1 amide bonds. The maximum Gasteiger partial charge on any atom is 0.305 e. The summed E-state index contributed by atoms with van der Waals surface area (Å²) in [5.74, 6) is -2.14. The minimum Gasteiger partial charge on any atom is -0.481 e. The topological polar surface area (TPSA) is 66.4 Å². The van der Waals surface area contributed by atoms with E-state index in [1.165, 1.54) is 6.07 Å². The van der Waals surface area contributed by atoms with Crippen molar-refractivity contribution in [3.63, 3.8) is 0 Å². The minimum atomic E-state index is -0.994. The van der Waals surface area contributed by atoms with Gasteiger partial charge in [-0.2, -0.15) is 0 Å². The van der Waals surface area contributed by atoms with Crippen molar-refractivity contribution in [1.82, 2.24) is 5.32 Å². The number of aliphatic carboxylic acids is 1. The van der Waals surface area contributed by atoms with Gasteiger partial charge in [0.2, 0.25) is 0 Å². The number of halogens is 1. The number of nitrogens with one attached hydrogen (secondary N) is 1. The van der Waals surface area contributed by atoms with Crippen molar-refractivity contribution in [3.05, 3.63) is 35.1 Å². The summed E-state index contributed by atoms with van der Waals surface area (Å²) >= 11 is 0. The molecule has 1 aromatic rings. The number of hydrogen-bond donors (Lipinski definition) is 2. The van der Waals surface area contributed by atoms with Crippen molar-refractivity contribution >= 4 is 11.9 Å². The fraction of sp³-hybridized carbons (Fsp3) is 0.385. The van der Waals surface area contributed by atoms with E-state index in [9.17, 15) is 14.0 Å². The zero-order chi connectivity index (χ0) is 13.7. The predicted molar refractivity (Wildman–Crippen MR) is 64.9 cm³/mol. The maximum atomic E-state index is 13.7. The van der Waals surface area contributed by atoms with Crippen LogP contribution >= 0.6 is 0 Å². The lowest BCUT2D eigenvalue weighted by Gasteiger charge is -2.15. The van der Waals surface area contributed by atoms with Crippen LogP contribution < -0.4 is 5.32 Å². The molecule has 0 saturated carbocycles. The van der Waals surface area contributed by atoms with E-state index in [1.54, 1.807) is 26.0 Å². The quantitative estimate of drug-likeness (QED) is 0.844. The largest absolute Gasteiger partial charge is 0.481 e. The molecule has 0 aliphatic rings. The molecule has 18 heavy (non-hydrogen) atoms. The zero-order valence-electron chi connectivity index (χ0n) is 10.4. The van der Waals surface area contributed by atoms with Gasteiger partial charge in [0, 0.05) is 6.04 Å². The third kappa shape index (κ3) is 3.55. The molecular formula is C13H16FNO3. The molecule has 1 rings (SSSR count). The second-order valence-corrected chi connectivity index (χ2v) is 4.11. The number of carbonyl (C=O) groups excluding carboxylic acids is 1. The number of aryl methyl sites for hydroxylation is 1. The van der Waals surface area contributed by atoms with Crippen LogP contribution in [-0.2, 0) is 4.79 Å². The Kier molecular flexibility index (Phi) is 4.83. The average molecular weight is 253 g/mol. The Bertz CT molecular complexity index is 460. The van der Waals surface area contributed by atoms with Gasteiger partial charge in [-0.15, -0.1) is 0 Å². The van der Waals surface area contributed by atoms with Crippen LogP contribution in [0.5, 0.6) is 0 Å². The lowest BCUT2D eigenvalue weighted by molar-refractivity contribution is -0.137. The van der Waals surface area contributed by atoms with Crippen molar-refractivity contribution in [1.29, 1.82) is 0 Å². The van der Waals surface area contributed by atoms with Crippen LogP contribution in [0.3, 0.4) is 0 Å². The standard InChI is InChI=1S/C13H16FNO3/c1-3-9(7-11(16)17)15-13(18)10-6-4-5-8(2)12(10)14/h4-6,9H,3,7H2,1-2H3,(H,15,18)(H,16,17). The first-order valence-electron chi connectivity index (χ1n) is 5.73. The Morgan fingerprint density at radius 2 is 2.11 bits per heavy atom. The van der Waals surface area contributed by atoms with Crippen LogP contribution in [0.1, 0.15) is 35.7 Å². The molecular weight excluding hydrogens is 237 g/mol. The second kappa shape index (κ2) is 6.14. The number of hydrogen-bond acceptors (Lipinski definition) is 2. The molecule has 0 aromatic heterocycles. The maximum absolute atomic E-state index is 13.7. The summed E-state index contributed by atoms with van der Waals surface area (Å²) < 4.78 is 13.7. The van der Waals surface area contributed by atoms with E-state index in [0.717, 1.165) is 0 Å². The van der Waals surface area contributed by atoms with Crippen molar-refractivity contribution in [2.75, 3.05) is 0 Å². The molecule has 5 heteroatoms. The normalized spacial score (nSPS) is 11.9. The van der Waals surface area contributed by atoms with Crippen LogP contribution in [0.15, 0.2) is 18.2 Å². The smallest absolute Gasteiger partial charge is 0.305 e. The minimum absolute atomic E-state index is 0.0566. The third-order valence-electron chi connectivity index (χ3n) is 2.69. The Balaban J connectivity index is 2.81. The molecule has 98 valence electrons. The molecule has 0 aliphatic heterocycles. The van der Waals surface area contributed by atoms with Crippen molar-refractivity contribution in [2.24, 2.45) is 0 Å². The monoisotopic (exact) mass is 253 g/mol. The first-order valence-corrected chi connectivity index (χ1v) is 5.73. The van der Waals surface area contributed by atoms with Crippen LogP contribution in [0.4, 0.5) is 4.39 Å². The summed E-state index contributed by atoms with van der Waals surface area (Å²) in [6, 6.07) is 4.05. The highest BCUT2D eigenvalue weighted by Crippen LogP contribution is 2.12. The van der Waals surface area contributed by atoms with Gasteiger partial charge in [0.25, 0.3) is 5.91 Å². The van der Waals surface area contributed by atoms with Gasteiger partial charge in [0.15, 0.2) is 0 Å². The highest BCUT2D eigenvalue weighted by Gasteiger charge is 2.18. The lowest BCUT2D eigenvalue weighted by atomic mass is 10.1. The fourth-order valence-corrected chi connectivity index (χ4v) is 1.59. The molecule has 0 fully saturated rings. The van der Waals surface area contributed by atoms with Crippen LogP contribution in [-0.4, -0.2) is 23.0 Å². The number of rotatable bonds is 5. The molecule has 2 N–H and O–H groups in total. The molecule has 0 heterocycles. The fourth-order valence-electron chi connectivity index (χ4n) is 1.59. The highest BCUT2D eigenvalue weighted by atomic mass is 19.1. The Morgan fingerprint density at radius 3 is 2.67 bits per heavy atom. The van der Waals surface area contributed by atoms with Gasteiger partial charge in [0.05, 0.1) is 12.0 Å². The molecule has 1 aromatic carbocycles. The molecule has 0 aliphatic carbocycles. The van der Waals surface area contributed by atoms with Crippen LogP contribution in [0.25, 0.3) is 0 Å². The molecule has 0 radical (unpaired) electrons. The van der Waals surface area contributed by atoms with Crippen molar-refractivity contribution in [3.8, 4) is 0 Å². The van der Waals surface area contributed by atoms with Gasteiger partial charge in [-0.1, -0.05) is 19.1 Å². The van der Waals surface area contributed by atoms with Gasteiger partial charge in [-0.25, -0.2) is 4.39 Å². The van der Waals surface area contributed by atoms with E-state index in [0.29, 0.717) is 12.0 Å². The lowest BCUT2D eigenvalue weighted by Crippen LogP contribution is -2.36. The number of amides is 1. The summed E-state index contributed by atoms with van der Waals surface area (Å²) in [5, 5.41) is 11.2. The summed E-state index contributed by atoms with van der Waals surface area (Å²) in [7, 11) is 0. The predicted octanol–water partition coefficient (Wildman–Crippen LogP) is 2.12. The highest BCUT2D eigenvalue weighted by molar-refractivity contribution is 5.95. The van der Waals surface area contributed by atoms with Gasteiger partial charge in [-0.3, -0.25) is 9.59 Å². The first-order chi connectivity index (χ1) is 8.45. The molecule has 0 bridgehead atoms.